The summed E-state index contributed by atoms with van der Waals surface area (Å²) in [7, 11) is 0. The van der Waals surface area contributed by atoms with Crippen molar-refractivity contribution in [3.63, 3.8) is 0 Å². The van der Waals surface area contributed by atoms with Crippen LogP contribution in [0.2, 0.25) is 0 Å². The van der Waals surface area contributed by atoms with E-state index < -0.39 is 0 Å². The largest absolute Gasteiger partial charge is 0.316 e. The Hall–Kier alpha value is 0.310. The standard InChI is InChI=1S/C12H27NS/c1-2-3-4-5-6-7-8-9-10-13-11-12-14/h13-14H,2-12H2,1H3. The summed E-state index contributed by atoms with van der Waals surface area (Å²) in [5, 5.41) is 3.37. The van der Waals surface area contributed by atoms with Gasteiger partial charge in [-0.1, -0.05) is 51.9 Å². The molecule has 0 aromatic carbocycles. The van der Waals surface area contributed by atoms with Crippen LogP contribution in [0.25, 0.3) is 0 Å². The Morgan fingerprint density at radius 2 is 1.36 bits per heavy atom. The van der Waals surface area contributed by atoms with Gasteiger partial charge in [-0.15, -0.1) is 0 Å². The molecule has 0 unspecified atom stereocenters. The van der Waals surface area contributed by atoms with Gasteiger partial charge in [-0.25, -0.2) is 0 Å². The smallest absolute Gasteiger partial charge is 0.00397 e. The number of hydrogen-bond acceptors (Lipinski definition) is 2. The van der Waals surface area contributed by atoms with Crippen molar-refractivity contribution in [2.24, 2.45) is 0 Å². The van der Waals surface area contributed by atoms with Crippen LogP contribution in [0, 0.1) is 0 Å². The highest BCUT2D eigenvalue weighted by Crippen LogP contribution is 2.07. The van der Waals surface area contributed by atoms with Gasteiger partial charge in [0, 0.05) is 12.3 Å². The van der Waals surface area contributed by atoms with Gasteiger partial charge in [0.15, 0.2) is 0 Å². The highest BCUT2D eigenvalue weighted by Gasteiger charge is 1.91. The molecule has 0 heterocycles. The van der Waals surface area contributed by atoms with E-state index >= 15 is 0 Å². The maximum atomic E-state index is 4.15. The minimum atomic E-state index is 0.955. The summed E-state index contributed by atoms with van der Waals surface area (Å²) in [6, 6.07) is 0. The third-order valence-electron chi connectivity index (χ3n) is 2.50. The van der Waals surface area contributed by atoms with Crippen molar-refractivity contribution < 1.29 is 0 Å². The van der Waals surface area contributed by atoms with E-state index in [2.05, 4.69) is 24.9 Å². The Labute approximate surface area is 95.5 Å². The van der Waals surface area contributed by atoms with Crippen LogP contribution < -0.4 is 5.32 Å². The second kappa shape index (κ2) is 13.3. The molecule has 0 aliphatic carbocycles. The second-order valence-electron chi connectivity index (χ2n) is 3.95. The summed E-state index contributed by atoms with van der Waals surface area (Å²) in [5.74, 6) is 0.955. The zero-order valence-electron chi connectivity index (χ0n) is 9.73. The minimum absolute atomic E-state index is 0.955. The van der Waals surface area contributed by atoms with Gasteiger partial charge in [-0.05, 0) is 13.0 Å². The molecule has 0 radical (unpaired) electrons. The second-order valence-corrected chi connectivity index (χ2v) is 4.40. The fourth-order valence-electron chi connectivity index (χ4n) is 1.59. The quantitative estimate of drug-likeness (QED) is 0.398. The summed E-state index contributed by atoms with van der Waals surface area (Å²) in [4.78, 5) is 0. The van der Waals surface area contributed by atoms with Crippen molar-refractivity contribution >= 4 is 12.6 Å². The highest BCUT2D eigenvalue weighted by atomic mass is 32.1. The van der Waals surface area contributed by atoms with Gasteiger partial charge in [-0.3, -0.25) is 0 Å². The maximum Gasteiger partial charge on any atom is 0.00397 e. The number of rotatable bonds is 11. The van der Waals surface area contributed by atoms with Crippen molar-refractivity contribution in [3.05, 3.63) is 0 Å². The van der Waals surface area contributed by atoms with Crippen LogP contribution in [0.3, 0.4) is 0 Å². The maximum absolute atomic E-state index is 4.15. The van der Waals surface area contributed by atoms with Gasteiger partial charge in [0.1, 0.15) is 0 Å². The van der Waals surface area contributed by atoms with Gasteiger partial charge in [0.05, 0.1) is 0 Å². The number of nitrogens with one attached hydrogen (secondary N) is 1. The lowest BCUT2D eigenvalue weighted by Gasteiger charge is -2.02. The van der Waals surface area contributed by atoms with Crippen molar-refractivity contribution in [1.82, 2.24) is 5.32 Å². The zero-order chi connectivity index (χ0) is 10.5. The van der Waals surface area contributed by atoms with Crippen LogP contribution in [0.5, 0.6) is 0 Å². The van der Waals surface area contributed by atoms with Crippen LogP contribution >= 0.6 is 12.6 Å². The molecule has 2 heteroatoms. The molecular weight excluding hydrogens is 190 g/mol. The highest BCUT2D eigenvalue weighted by molar-refractivity contribution is 7.80. The molecule has 0 atom stereocenters. The lowest BCUT2D eigenvalue weighted by Crippen LogP contribution is -2.17. The topological polar surface area (TPSA) is 12.0 Å². The number of thiol groups is 1. The van der Waals surface area contributed by atoms with Crippen molar-refractivity contribution in [2.75, 3.05) is 18.8 Å². The molecule has 14 heavy (non-hydrogen) atoms. The van der Waals surface area contributed by atoms with Gasteiger partial charge >= 0.3 is 0 Å². The van der Waals surface area contributed by atoms with E-state index in [0.29, 0.717) is 0 Å². The molecule has 1 N–H and O–H groups in total. The molecule has 0 fully saturated rings. The molecule has 0 spiro atoms. The van der Waals surface area contributed by atoms with Gasteiger partial charge in [0.25, 0.3) is 0 Å². The van der Waals surface area contributed by atoms with Crippen LogP contribution in [-0.4, -0.2) is 18.8 Å². The van der Waals surface area contributed by atoms with E-state index in [-0.39, 0.29) is 0 Å². The van der Waals surface area contributed by atoms with Crippen LogP contribution in [-0.2, 0) is 0 Å². The van der Waals surface area contributed by atoms with Crippen LogP contribution in [0.1, 0.15) is 58.3 Å². The first-order valence-corrected chi connectivity index (χ1v) is 6.86. The molecule has 0 aliphatic heterocycles. The molecule has 86 valence electrons. The Kier molecular flexibility index (Phi) is 13.6. The van der Waals surface area contributed by atoms with Gasteiger partial charge in [-0.2, -0.15) is 12.6 Å². The average Bonchev–Trinajstić information content (AvgIpc) is 2.21. The van der Waals surface area contributed by atoms with E-state index in [1.54, 1.807) is 0 Å². The van der Waals surface area contributed by atoms with E-state index in [1.807, 2.05) is 0 Å². The number of unbranched alkanes of at least 4 members (excludes halogenated alkanes) is 7. The van der Waals surface area contributed by atoms with Crippen molar-refractivity contribution in [1.29, 1.82) is 0 Å². The Bertz CT molecular complexity index is 84.3. The van der Waals surface area contributed by atoms with Gasteiger partial charge < -0.3 is 5.32 Å². The molecule has 0 saturated carbocycles. The molecule has 0 aliphatic rings. The predicted molar refractivity (Wildman–Crippen MR) is 69.3 cm³/mol. The minimum Gasteiger partial charge on any atom is -0.316 e. The SMILES string of the molecule is CCCCCCCCCCNCCS. The molecular formula is C12H27NS. The molecule has 0 bridgehead atoms. The van der Waals surface area contributed by atoms with Crippen molar-refractivity contribution in [2.45, 2.75) is 58.3 Å². The molecule has 0 amide bonds. The molecule has 0 aromatic rings. The Balaban J connectivity index is 2.78. The first-order chi connectivity index (χ1) is 6.91. The van der Waals surface area contributed by atoms with Crippen LogP contribution in [0.15, 0.2) is 0 Å². The molecule has 0 saturated heterocycles. The molecule has 0 aromatic heterocycles. The fraction of sp³-hybridized carbons (Fsp3) is 1.00. The third kappa shape index (κ3) is 12.3. The molecule has 0 rings (SSSR count). The summed E-state index contributed by atoms with van der Waals surface area (Å²) < 4.78 is 0. The fourth-order valence-corrected chi connectivity index (χ4v) is 1.75. The molecule has 1 nitrogen and oxygen atoms in total. The van der Waals surface area contributed by atoms with Crippen LogP contribution in [0.4, 0.5) is 0 Å². The number of hydrogen-bond donors (Lipinski definition) is 2. The lowest BCUT2D eigenvalue weighted by molar-refractivity contribution is 0.560. The zero-order valence-corrected chi connectivity index (χ0v) is 10.6. The lowest BCUT2D eigenvalue weighted by atomic mass is 10.1. The Morgan fingerprint density at radius 3 is 1.93 bits per heavy atom. The van der Waals surface area contributed by atoms with E-state index in [4.69, 9.17) is 0 Å². The van der Waals surface area contributed by atoms with Crippen molar-refractivity contribution in [3.8, 4) is 0 Å². The predicted octanol–water partition coefficient (Wildman–Crippen LogP) is 3.65. The average molecular weight is 217 g/mol. The van der Waals surface area contributed by atoms with E-state index in [9.17, 15) is 0 Å². The summed E-state index contributed by atoms with van der Waals surface area (Å²) in [5.41, 5.74) is 0. The first kappa shape index (κ1) is 14.3. The summed E-state index contributed by atoms with van der Waals surface area (Å²) in [6.45, 7) is 4.50. The third-order valence-corrected chi connectivity index (χ3v) is 2.72. The Morgan fingerprint density at radius 1 is 0.786 bits per heavy atom. The summed E-state index contributed by atoms with van der Waals surface area (Å²) in [6.07, 6.45) is 11.2. The monoisotopic (exact) mass is 217 g/mol. The van der Waals surface area contributed by atoms with E-state index in [1.165, 1.54) is 57.9 Å². The first-order valence-electron chi connectivity index (χ1n) is 6.23. The van der Waals surface area contributed by atoms with E-state index in [0.717, 1.165) is 12.3 Å². The summed E-state index contributed by atoms with van der Waals surface area (Å²) >= 11 is 4.15. The van der Waals surface area contributed by atoms with Gasteiger partial charge in [0.2, 0.25) is 0 Å². The normalized spacial score (nSPS) is 10.7.